The number of hydrogen-bond donors (Lipinski definition) is 1. The van der Waals surface area contributed by atoms with Crippen molar-refractivity contribution >= 4 is 0 Å². The van der Waals surface area contributed by atoms with Crippen LogP contribution in [0.1, 0.15) is 23.7 Å². The van der Waals surface area contributed by atoms with E-state index in [1.165, 1.54) is 12.0 Å². The third-order valence-corrected chi connectivity index (χ3v) is 2.39. The fourth-order valence-electron chi connectivity index (χ4n) is 1.54. The molecule has 3 heteroatoms. The second-order valence-corrected chi connectivity index (χ2v) is 3.38. The summed E-state index contributed by atoms with van der Waals surface area (Å²) in [6.45, 7) is 3.11. The second kappa shape index (κ2) is 3.34. The molecule has 0 saturated carbocycles. The highest BCUT2D eigenvalue weighted by Crippen LogP contribution is 2.25. The van der Waals surface area contributed by atoms with Gasteiger partial charge in [0.1, 0.15) is 0 Å². The number of hydrogen-bond acceptors (Lipinski definition) is 3. The van der Waals surface area contributed by atoms with Gasteiger partial charge in [-0.25, -0.2) is 4.98 Å². The van der Waals surface area contributed by atoms with Gasteiger partial charge in [-0.1, -0.05) is 0 Å². The minimum atomic E-state index is 0.510. The zero-order valence-corrected chi connectivity index (χ0v) is 8.00. The maximum Gasteiger partial charge on any atom is 0.213 e. The molecule has 1 fully saturated rings. The van der Waals surface area contributed by atoms with Gasteiger partial charge < -0.3 is 10.1 Å². The van der Waals surface area contributed by atoms with Crippen LogP contribution in [0.3, 0.4) is 0 Å². The molecule has 0 aromatic carbocycles. The Hall–Kier alpha value is -1.09. The summed E-state index contributed by atoms with van der Waals surface area (Å²) in [5.41, 5.74) is 2.30. The average Bonchev–Trinajstić information content (AvgIpc) is 2.00. The van der Waals surface area contributed by atoms with Crippen LogP contribution >= 0.6 is 0 Å². The molecule has 2 rings (SSSR count). The predicted molar refractivity (Wildman–Crippen MR) is 50.9 cm³/mol. The Morgan fingerprint density at radius 3 is 2.85 bits per heavy atom. The number of rotatable bonds is 2. The lowest BCUT2D eigenvalue weighted by Crippen LogP contribution is -2.35. The van der Waals surface area contributed by atoms with Crippen LogP contribution < -0.4 is 10.1 Å². The van der Waals surface area contributed by atoms with Crippen LogP contribution in [0.5, 0.6) is 5.88 Å². The lowest BCUT2D eigenvalue weighted by Gasteiger charge is -2.28. The number of aromatic nitrogens is 1. The molecule has 0 aliphatic carbocycles. The third-order valence-electron chi connectivity index (χ3n) is 2.39. The van der Waals surface area contributed by atoms with Crippen molar-refractivity contribution in [2.75, 3.05) is 13.7 Å². The summed E-state index contributed by atoms with van der Waals surface area (Å²) in [5, 5.41) is 3.36. The van der Waals surface area contributed by atoms with Crippen LogP contribution in [0.2, 0.25) is 0 Å². The predicted octanol–water partition coefficient (Wildman–Crippen LogP) is 1.43. The van der Waals surface area contributed by atoms with Crippen molar-refractivity contribution in [3.05, 3.63) is 23.4 Å². The summed E-state index contributed by atoms with van der Waals surface area (Å²) in [6.07, 6.45) is 1.21. The lowest BCUT2D eigenvalue weighted by atomic mass is 9.98. The molecule has 0 bridgehead atoms. The van der Waals surface area contributed by atoms with Gasteiger partial charge in [0.15, 0.2) is 0 Å². The van der Waals surface area contributed by atoms with Crippen LogP contribution in [-0.2, 0) is 0 Å². The van der Waals surface area contributed by atoms with Gasteiger partial charge >= 0.3 is 0 Å². The van der Waals surface area contributed by atoms with E-state index in [-0.39, 0.29) is 0 Å². The van der Waals surface area contributed by atoms with Crippen molar-refractivity contribution in [1.82, 2.24) is 10.3 Å². The molecule has 70 valence electrons. The van der Waals surface area contributed by atoms with Gasteiger partial charge in [0.2, 0.25) is 5.88 Å². The summed E-state index contributed by atoms with van der Waals surface area (Å²) in [6, 6.07) is 4.62. The van der Waals surface area contributed by atoms with E-state index in [9.17, 15) is 0 Å². The number of pyridine rings is 1. The van der Waals surface area contributed by atoms with E-state index in [4.69, 9.17) is 4.74 Å². The van der Waals surface area contributed by atoms with Gasteiger partial charge in [-0.2, -0.15) is 0 Å². The van der Waals surface area contributed by atoms with Crippen LogP contribution in [0, 0.1) is 6.92 Å². The average molecular weight is 178 g/mol. The van der Waals surface area contributed by atoms with E-state index in [0.29, 0.717) is 11.9 Å². The third kappa shape index (κ3) is 1.65. The maximum atomic E-state index is 5.12. The first-order valence-electron chi connectivity index (χ1n) is 4.55. The highest BCUT2D eigenvalue weighted by Gasteiger charge is 2.19. The van der Waals surface area contributed by atoms with Gasteiger partial charge in [-0.3, -0.25) is 0 Å². The van der Waals surface area contributed by atoms with E-state index < -0.39 is 0 Å². The smallest absolute Gasteiger partial charge is 0.213 e. The molecule has 13 heavy (non-hydrogen) atoms. The van der Waals surface area contributed by atoms with E-state index in [1.54, 1.807) is 7.11 Å². The molecule has 1 aromatic heterocycles. The van der Waals surface area contributed by atoms with E-state index >= 15 is 0 Å². The van der Waals surface area contributed by atoms with Crippen molar-refractivity contribution in [3.63, 3.8) is 0 Å². The zero-order chi connectivity index (χ0) is 9.26. The van der Waals surface area contributed by atoms with Crippen molar-refractivity contribution in [2.24, 2.45) is 0 Å². The quantitative estimate of drug-likeness (QED) is 0.744. The summed E-state index contributed by atoms with van der Waals surface area (Å²) < 4.78 is 5.12. The highest BCUT2D eigenvalue weighted by atomic mass is 16.5. The molecule has 1 saturated heterocycles. The molecule has 1 aliphatic rings. The lowest BCUT2D eigenvalue weighted by molar-refractivity contribution is 0.372. The summed E-state index contributed by atoms with van der Waals surface area (Å²) >= 11 is 0. The van der Waals surface area contributed by atoms with Crippen LogP contribution in [0.4, 0.5) is 0 Å². The van der Waals surface area contributed by atoms with Crippen LogP contribution in [0.15, 0.2) is 12.1 Å². The fourth-order valence-corrected chi connectivity index (χ4v) is 1.54. The number of nitrogens with one attached hydrogen (secondary N) is 1. The molecule has 1 aliphatic heterocycles. The molecule has 1 aromatic rings. The standard InChI is InChI=1S/C10H14N2O/c1-7-5-8(9-3-4-11-9)6-10(12-7)13-2/h5-6,9,11H,3-4H2,1-2H3. The molecular formula is C10H14N2O. The van der Waals surface area contributed by atoms with Crippen molar-refractivity contribution < 1.29 is 4.74 Å². The fraction of sp³-hybridized carbons (Fsp3) is 0.500. The molecule has 0 radical (unpaired) electrons. The van der Waals surface area contributed by atoms with Crippen molar-refractivity contribution in [2.45, 2.75) is 19.4 Å². The normalized spacial score (nSPS) is 20.9. The molecule has 0 spiro atoms. The minimum Gasteiger partial charge on any atom is -0.481 e. The number of aryl methyl sites for hydroxylation is 1. The molecule has 3 nitrogen and oxygen atoms in total. The van der Waals surface area contributed by atoms with E-state index in [0.717, 1.165) is 12.2 Å². The van der Waals surface area contributed by atoms with Gasteiger partial charge in [-0.15, -0.1) is 0 Å². The van der Waals surface area contributed by atoms with E-state index in [1.807, 2.05) is 13.0 Å². The SMILES string of the molecule is COc1cc(C2CCN2)cc(C)n1. The Bertz CT molecular complexity index is 308. The summed E-state index contributed by atoms with van der Waals surface area (Å²) in [5.74, 6) is 0.712. The molecule has 1 unspecified atom stereocenters. The van der Waals surface area contributed by atoms with Crippen molar-refractivity contribution in [1.29, 1.82) is 0 Å². The van der Waals surface area contributed by atoms with Gasteiger partial charge in [0.25, 0.3) is 0 Å². The Labute approximate surface area is 78.1 Å². The van der Waals surface area contributed by atoms with Gasteiger partial charge in [0.05, 0.1) is 7.11 Å². The maximum absolute atomic E-state index is 5.12. The molecule has 2 heterocycles. The van der Waals surface area contributed by atoms with E-state index in [2.05, 4.69) is 16.4 Å². The van der Waals surface area contributed by atoms with Crippen molar-refractivity contribution in [3.8, 4) is 5.88 Å². The Morgan fingerprint density at radius 1 is 1.54 bits per heavy atom. The minimum absolute atomic E-state index is 0.510. The number of ether oxygens (including phenoxy) is 1. The van der Waals surface area contributed by atoms with Crippen LogP contribution in [-0.4, -0.2) is 18.6 Å². The zero-order valence-electron chi connectivity index (χ0n) is 8.00. The summed E-state index contributed by atoms with van der Waals surface area (Å²) in [4.78, 5) is 4.24. The number of methoxy groups -OCH3 is 1. The Morgan fingerprint density at radius 2 is 2.31 bits per heavy atom. The molecule has 0 amide bonds. The summed E-state index contributed by atoms with van der Waals surface area (Å²) in [7, 11) is 1.65. The molecule has 1 N–H and O–H groups in total. The first-order chi connectivity index (χ1) is 6.29. The Balaban J connectivity index is 2.28. The van der Waals surface area contributed by atoms with Gasteiger partial charge in [0, 0.05) is 17.8 Å². The Kier molecular flexibility index (Phi) is 2.19. The molecular weight excluding hydrogens is 164 g/mol. The first kappa shape index (κ1) is 8.51. The number of nitrogens with zero attached hydrogens (tertiary/aromatic N) is 1. The molecule has 1 atom stereocenters. The first-order valence-corrected chi connectivity index (χ1v) is 4.55. The topological polar surface area (TPSA) is 34.1 Å². The van der Waals surface area contributed by atoms with Gasteiger partial charge in [-0.05, 0) is 31.5 Å². The van der Waals surface area contributed by atoms with Crippen LogP contribution in [0.25, 0.3) is 0 Å². The second-order valence-electron chi connectivity index (χ2n) is 3.38. The largest absolute Gasteiger partial charge is 0.481 e. The highest BCUT2D eigenvalue weighted by molar-refractivity contribution is 5.28. The monoisotopic (exact) mass is 178 g/mol.